The lowest BCUT2D eigenvalue weighted by Crippen LogP contribution is -2.51. The van der Waals surface area contributed by atoms with E-state index in [2.05, 4.69) is 4.90 Å². The summed E-state index contributed by atoms with van der Waals surface area (Å²) in [5, 5.41) is 1.15. The molecule has 156 valence electrons. The molecule has 29 heavy (non-hydrogen) atoms. The molecule has 0 spiro atoms. The zero-order chi connectivity index (χ0) is 21.0. The average molecular weight is 456 g/mol. The van der Waals surface area contributed by atoms with Crippen LogP contribution in [-0.4, -0.2) is 62.5 Å². The van der Waals surface area contributed by atoms with Gasteiger partial charge in [0.15, 0.2) is 0 Å². The van der Waals surface area contributed by atoms with Crippen molar-refractivity contribution in [2.45, 2.75) is 6.54 Å². The highest BCUT2D eigenvalue weighted by atomic mass is 35.5. The van der Waals surface area contributed by atoms with Crippen molar-refractivity contribution in [3.05, 3.63) is 64.1 Å². The van der Waals surface area contributed by atoms with E-state index in [1.165, 1.54) is 4.31 Å². The van der Waals surface area contributed by atoms with Crippen LogP contribution in [0.25, 0.3) is 0 Å². The van der Waals surface area contributed by atoms with Crippen LogP contribution in [0, 0.1) is 0 Å². The number of nitrogens with zero attached hydrogens (tertiary/aromatic N) is 3. The Morgan fingerprint density at radius 2 is 1.72 bits per heavy atom. The first-order chi connectivity index (χ1) is 13.7. The molecule has 1 fully saturated rings. The van der Waals surface area contributed by atoms with Gasteiger partial charge in [0.05, 0.1) is 12.8 Å². The average Bonchev–Trinajstić information content (AvgIpc) is 2.68. The summed E-state index contributed by atoms with van der Waals surface area (Å²) in [6.45, 7) is 2.23. The molecule has 1 aliphatic heterocycles. The fourth-order valence-electron chi connectivity index (χ4n) is 3.24. The molecule has 0 unspecified atom stereocenters. The van der Waals surface area contributed by atoms with Gasteiger partial charge in [-0.05, 0) is 29.8 Å². The number of rotatable bonds is 6. The molecule has 1 aliphatic rings. The summed E-state index contributed by atoms with van der Waals surface area (Å²) in [6, 6.07) is 14.6. The number of piperazine rings is 1. The number of hydrogen-bond acceptors (Lipinski definition) is 4. The monoisotopic (exact) mass is 455 g/mol. The minimum Gasteiger partial charge on any atom is -0.368 e. The van der Waals surface area contributed by atoms with Gasteiger partial charge in [0.1, 0.15) is 0 Å². The number of hydrogen-bond donors (Lipinski definition) is 0. The van der Waals surface area contributed by atoms with Gasteiger partial charge in [0.2, 0.25) is 15.9 Å². The van der Waals surface area contributed by atoms with Gasteiger partial charge in [0.25, 0.3) is 0 Å². The van der Waals surface area contributed by atoms with E-state index in [0.717, 1.165) is 11.9 Å². The van der Waals surface area contributed by atoms with Crippen LogP contribution >= 0.6 is 23.2 Å². The molecule has 1 heterocycles. The van der Waals surface area contributed by atoms with Gasteiger partial charge in [-0.3, -0.25) is 4.79 Å². The molecule has 0 atom stereocenters. The first kappa shape index (κ1) is 21.9. The molecular formula is C20H23Cl2N3O3S. The van der Waals surface area contributed by atoms with Crippen LogP contribution in [0.3, 0.4) is 0 Å². The lowest BCUT2D eigenvalue weighted by Gasteiger charge is -2.37. The number of carbonyl (C=O) groups is 1. The molecule has 1 amide bonds. The van der Waals surface area contributed by atoms with E-state index in [-0.39, 0.29) is 19.0 Å². The largest absolute Gasteiger partial charge is 0.368 e. The Balaban J connectivity index is 1.63. The Morgan fingerprint density at radius 3 is 2.34 bits per heavy atom. The van der Waals surface area contributed by atoms with Crippen LogP contribution in [0.15, 0.2) is 48.5 Å². The number of anilines is 1. The Hall–Kier alpha value is -1.80. The molecule has 0 aliphatic carbocycles. The Bertz CT molecular complexity index is 976. The van der Waals surface area contributed by atoms with Crippen LogP contribution in [0.2, 0.25) is 10.0 Å². The quantitative estimate of drug-likeness (QED) is 0.671. The van der Waals surface area contributed by atoms with Gasteiger partial charge in [0, 0.05) is 48.5 Å². The Kier molecular flexibility index (Phi) is 7.05. The van der Waals surface area contributed by atoms with Crippen LogP contribution < -0.4 is 4.90 Å². The van der Waals surface area contributed by atoms with Gasteiger partial charge >= 0.3 is 0 Å². The second kappa shape index (κ2) is 9.34. The number of amides is 1. The summed E-state index contributed by atoms with van der Waals surface area (Å²) in [6.07, 6.45) is 1.11. The number of carbonyl (C=O) groups excluding carboxylic acids is 1. The smallest absolute Gasteiger partial charge is 0.238 e. The van der Waals surface area contributed by atoms with E-state index < -0.39 is 10.0 Å². The van der Waals surface area contributed by atoms with E-state index >= 15 is 0 Å². The second-order valence-corrected chi connectivity index (χ2v) is 9.80. The third kappa shape index (κ3) is 5.85. The fraction of sp³-hybridized carbons (Fsp3) is 0.350. The minimum absolute atomic E-state index is 0.0622. The van der Waals surface area contributed by atoms with Crippen LogP contribution in [0.5, 0.6) is 0 Å². The standard InChI is InChI=1S/C20H23Cl2N3O3S/c1-29(27,28)25(14-16-5-2-3-8-19(16)22)15-20(26)24-11-9-23(10-12-24)18-7-4-6-17(21)13-18/h2-8,13H,9-12,14-15H2,1H3. The molecule has 0 radical (unpaired) electrons. The molecule has 2 aromatic rings. The van der Waals surface area contributed by atoms with E-state index in [1.54, 1.807) is 29.2 Å². The molecule has 2 aromatic carbocycles. The number of sulfonamides is 1. The lowest BCUT2D eigenvalue weighted by atomic mass is 10.2. The molecule has 0 N–H and O–H groups in total. The van der Waals surface area contributed by atoms with Crippen molar-refractivity contribution in [3.8, 4) is 0 Å². The third-order valence-corrected chi connectivity index (χ3v) is 6.69. The number of benzene rings is 2. The van der Waals surface area contributed by atoms with Crippen LogP contribution in [0.4, 0.5) is 5.69 Å². The highest BCUT2D eigenvalue weighted by Gasteiger charge is 2.27. The molecule has 3 rings (SSSR count). The predicted molar refractivity (Wildman–Crippen MR) is 117 cm³/mol. The lowest BCUT2D eigenvalue weighted by molar-refractivity contribution is -0.131. The van der Waals surface area contributed by atoms with Crippen LogP contribution in [0.1, 0.15) is 5.56 Å². The Labute approximate surface area is 181 Å². The maximum Gasteiger partial charge on any atom is 0.238 e. The van der Waals surface area contributed by atoms with E-state index in [4.69, 9.17) is 23.2 Å². The zero-order valence-electron chi connectivity index (χ0n) is 16.1. The van der Waals surface area contributed by atoms with Crippen molar-refractivity contribution >= 4 is 44.8 Å². The van der Waals surface area contributed by atoms with Gasteiger partial charge in [-0.15, -0.1) is 0 Å². The van der Waals surface area contributed by atoms with Crippen molar-refractivity contribution in [3.63, 3.8) is 0 Å². The van der Waals surface area contributed by atoms with Crippen molar-refractivity contribution < 1.29 is 13.2 Å². The molecular weight excluding hydrogens is 433 g/mol. The molecule has 9 heteroatoms. The fourth-order valence-corrected chi connectivity index (χ4v) is 4.34. The zero-order valence-corrected chi connectivity index (χ0v) is 18.4. The summed E-state index contributed by atoms with van der Waals surface area (Å²) < 4.78 is 25.6. The summed E-state index contributed by atoms with van der Waals surface area (Å²) in [5.41, 5.74) is 1.68. The normalized spacial score (nSPS) is 15.0. The summed E-state index contributed by atoms with van der Waals surface area (Å²) in [5.74, 6) is -0.215. The number of halogens is 2. The summed E-state index contributed by atoms with van der Waals surface area (Å²) in [7, 11) is -3.57. The highest BCUT2D eigenvalue weighted by Crippen LogP contribution is 2.21. The maximum atomic E-state index is 12.8. The van der Waals surface area contributed by atoms with Gasteiger partial charge in [-0.25, -0.2) is 8.42 Å². The maximum absolute atomic E-state index is 12.8. The first-order valence-corrected chi connectivity index (χ1v) is 11.8. The van der Waals surface area contributed by atoms with E-state index in [1.807, 2.05) is 24.3 Å². The van der Waals surface area contributed by atoms with Gasteiger partial charge < -0.3 is 9.80 Å². The summed E-state index contributed by atoms with van der Waals surface area (Å²) >= 11 is 12.2. The van der Waals surface area contributed by atoms with Crippen molar-refractivity contribution in [1.29, 1.82) is 0 Å². The third-order valence-electron chi connectivity index (χ3n) is 4.89. The van der Waals surface area contributed by atoms with Gasteiger partial charge in [-0.2, -0.15) is 4.31 Å². The molecule has 0 aromatic heterocycles. The molecule has 0 saturated carbocycles. The SMILES string of the molecule is CS(=O)(=O)N(CC(=O)N1CCN(c2cccc(Cl)c2)CC1)Cc1ccccc1Cl. The van der Waals surface area contributed by atoms with Crippen molar-refractivity contribution in [2.24, 2.45) is 0 Å². The first-order valence-electron chi connectivity index (χ1n) is 9.21. The topological polar surface area (TPSA) is 60.9 Å². The predicted octanol–water partition coefficient (Wildman–Crippen LogP) is 3.10. The minimum atomic E-state index is -3.57. The van der Waals surface area contributed by atoms with E-state index in [9.17, 15) is 13.2 Å². The Morgan fingerprint density at radius 1 is 1.03 bits per heavy atom. The molecule has 0 bridgehead atoms. The highest BCUT2D eigenvalue weighted by molar-refractivity contribution is 7.88. The van der Waals surface area contributed by atoms with Gasteiger partial charge in [-0.1, -0.05) is 47.5 Å². The van der Waals surface area contributed by atoms with Crippen LogP contribution in [-0.2, 0) is 21.4 Å². The molecule has 1 saturated heterocycles. The van der Waals surface area contributed by atoms with Crippen molar-refractivity contribution in [2.75, 3.05) is 43.9 Å². The summed E-state index contributed by atoms with van der Waals surface area (Å²) in [4.78, 5) is 16.6. The van der Waals surface area contributed by atoms with E-state index in [0.29, 0.717) is 41.8 Å². The molecule has 6 nitrogen and oxygen atoms in total. The second-order valence-electron chi connectivity index (χ2n) is 6.97. The van der Waals surface area contributed by atoms with Crippen molar-refractivity contribution in [1.82, 2.24) is 9.21 Å².